The molecule has 0 aromatic heterocycles. The fourth-order valence-corrected chi connectivity index (χ4v) is 1.47. The molecule has 1 saturated carbocycles. The Morgan fingerprint density at radius 3 is 2.64 bits per heavy atom. The molecule has 4 nitrogen and oxygen atoms in total. The van der Waals surface area contributed by atoms with Crippen LogP contribution in [0.1, 0.15) is 25.7 Å². The van der Waals surface area contributed by atoms with E-state index in [1.165, 1.54) is 0 Å². The van der Waals surface area contributed by atoms with Crippen molar-refractivity contribution in [3.8, 4) is 0 Å². The summed E-state index contributed by atoms with van der Waals surface area (Å²) in [4.78, 5) is 4.00. The summed E-state index contributed by atoms with van der Waals surface area (Å²) in [6, 6.07) is 0.142. The molecule has 64 valence electrons. The Morgan fingerprint density at radius 2 is 2.09 bits per heavy atom. The Balaban J connectivity index is 2.40. The van der Waals surface area contributed by atoms with Crippen molar-refractivity contribution in [3.05, 3.63) is 0 Å². The molecule has 0 unspecified atom stereocenters. The van der Waals surface area contributed by atoms with Gasteiger partial charge in [-0.15, -0.1) is 0 Å². The Kier molecular flexibility index (Phi) is 2.70. The first-order valence-electron chi connectivity index (χ1n) is 3.95. The van der Waals surface area contributed by atoms with Crippen LogP contribution in [-0.2, 0) is 0 Å². The van der Waals surface area contributed by atoms with Crippen LogP contribution in [0, 0.1) is 0 Å². The summed E-state index contributed by atoms with van der Waals surface area (Å²) >= 11 is 0. The van der Waals surface area contributed by atoms with Gasteiger partial charge >= 0.3 is 0 Å². The third-order valence-electron chi connectivity index (χ3n) is 1.95. The molecule has 0 aromatic rings. The molecule has 1 aliphatic carbocycles. The molecular weight excluding hydrogens is 142 g/mol. The van der Waals surface area contributed by atoms with E-state index >= 15 is 0 Å². The largest absolute Gasteiger partial charge is 0.393 e. The predicted molar refractivity (Wildman–Crippen MR) is 44.1 cm³/mol. The highest BCUT2D eigenvalue weighted by molar-refractivity contribution is 5.75. The minimum Gasteiger partial charge on any atom is -0.393 e. The van der Waals surface area contributed by atoms with Crippen LogP contribution in [0.2, 0.25) is 0 Å². The second-order valence-corrected chi connectivity index (χ2v) is 3.03. The highest BCUT2D eigenvalue weighted by Gasteiger charge is 2.18. The Labute approximate surface area is 66.3 Å². The molecule has 5 N–H and O–H groups in total. The number of hydrogen-bond acceptors (Lipinski definition) is 2. The van der Waals surface area contributed by atoms with E-state index in [1.807, 2.05) is 0 Å². The highest BCUT2D eigenvalue weighted by atomic mass is 16.3. The van der Waals surface area contributed by atoms with Gasteiger partial charge in [0, 0.05) is 0 Å². The first-order valence-corrected chi connectivity index (χ1v) is 3.95. The number of nitrogens with zero attached hydrogens (tertiary/aromatic N) is 1. The molecule has 0 radical (unpaired) electrons. The van der Waals surface area contributed by atoms with Gasteiger partial charge in [0.15, 0.2) is 5.96 Å². The summed E-state index contributed by atoms with van der Waals surface area (Å²) < 4.78 is 0. The van der Waals surface area contributed by atoms with E-state index in [0.29, 0.717) is 6.42 Å². The summed E-state index contributed by atoms with van der Waals surface area (Å²) in [5, 5.41) is 9.24. The zero-order valence-corrected chi connectivity index (χ0v) is 6.53. The SMILES string of the molecule is NC(N)=N[C@@H]1CCC[C@H](O)C1. The lowest BCUT2D eigenvalue weighted by molar-refractivity contribution is 0.121. The number of hydrogen-bond donors (Lipinski definition) is 3. The van der Waals surface area contributed by atoms with Crippen LogP contribution in [0.15, 0.2) is 4.99 Å². The normalized spacial score (nSPS) is 31.4. The number of aliphatic hydroxyl groups excluding tert-OH is 1. The maximum Gasteiger partial charge on any atom is 0.186 e. The van der Waals surface area contributed by atoms with Gasteiger partial charge in [-0.1, -0.05) is 0 Å². The summed E-state index contributed by atoms with van der Waals surface area (Å²) in [7, 11) is 0. The molecule has 0 aromatic carbocycles. The van der Waals surface area contributed by atoms with E-state index in [-0.39, 0.29) is 18.1 Å². The van der Waals surface area contributed by atoms with E-state index in [4.69, 9.17) is 11.5 Å². The lowest BCUT2D eigenvalue weighted by Crippen LogP contribution is -2.29. The van der Waals surface area contributed by atoms with Crippen LogP contribution >= 0.6 is 0 Å². The first kappa shape index (κ1) is 8.33. The molecule has 1 rings (SSSR count). The molecular formula is C7H15N3O. The molecule has 0 aliphatic heterocycles. The third kappa shape index (κ3) is 2.76. The van der Waals surface area contributed by atoms with Crippen molar-refractivity contribution in [1.82, 2.24) is 0 Å². The average Bonchev–Trinajstić information content (AvgIpc) is 1.85. The Bertz CT molecular complexity index is 154. The van der Waals surface area contributed by atoms with Crippen LogP contribution in [0.3, 0.4) is 0 Å². The molecule has 0 bridgehead atoms. The van der Waals surface area contributed by atoms with Crippen LogP contribution in [0.5, 0.6) is 0 Å². The molecule has 11 heavy (non-hydrogen) atoms. The topological polar surface area (TPSA) is 84.6 Å². The third-order valence-corrected chi connectivity index (χ3v) is 1.95. The zero-order chi connectivity index (χ0) is 8.27. The van der Waals surface area contributed by atoms with Crippen LogP contribution < -0.4 is 11.5 Å². The van der Waals surface area contributed by atoms with Gasteiger partial charge in [-0.3, -0.25) is 4.99 Å². The van der Waals surface area contributed by atoms with E-state index in [9.17, 15) is 5.11 Å². The summed E-state index contributed by atoms with van der Waals surface area (Å²) in [5.41, 5.74) is 10.4. The van der Waals surface area contributed by atoms with Crippen molar-refractivity contribution in [1.29, 1.82) is 0 Å². The molecule has 2 atom stereocenters. The van der Waals surface area contributed by atoms with Crippen LogP contribution in [0.4, 0.5) is 0 Å². The number of aliphatic hydroxyl groups is 1. The zero-order valence-electron chi connectivity index (χ0n) is 6.53. The predicted octanol–water partition coefficient (Wildman–Crippen LogP) is -0.437. The number of nitrogens with two attached hydrogens (primary N) is 2. The molecule has 1 aliphatic rings. The summed E-state index contributed by atoms with van der Waals surface area (Å²) in [5.74, 6) is 0.129. The first-order chi connectivity index (χ1) is 5.18. The lowest BCUT2D eigenvalue weighted by Gasteiger charge is -2.22. The smallest absolute Gasteiger partial charge is 0.186 e. The maximum atomic E-state index is 9.24. The fraction of sp³-hybridized carbons (Fsp3) is 0.857. The van der Waals surface area contributed by atoms with Gasteiger partial charge in [0.2, 0.25) is 0 Å². The number of rotatable bonds is 1. The van der Waals surface area contributed by atoms with Crippen LogP contribution in [0.25, 0.3) is 0 Å². The monoisotopic (exact) mass is 157 g/mol. The van der Waals surface area contributed by atoms with E-state index in [2.05, 4.69) is 4.99 Å². The van der Waals surface area contributed by atoms with Gasteiger partial charge in [-0.25, -0.2) is 0 Å². The minimum atomic E-state index is -0.211. The van der Waals surface area contributed by atoms with Crippen molar-refractivity contribution in [2.45, 2.75) is 37.8 Å². The quantitative estimate of drug-likeness (QED) is 0.356. The maximum absolute atomic E-state index is 9.24. The number of aliphatic imine (C=N–C) groups is 1. The summed E-state index contributed by atoms with van der Waals surface area (Å²) in [6.07, 6.45) is 3.39. The van der Waals surface area contributed by atoms with E-state index < -0.39 is 0 Å². The summed E-state index contributed by atoms with van der Waals surface area (Å²) in [6.45, 7) is 0. The standard InChI is InChI=1S/C7H15N3O/c8-7(9)10-5-2-1-3-6(11)4-5/h5-6,11H,1-4H2,(H4,8,9,10)/t5-,6+/m1/s1. The second-order valence-electron chi connectivity index (χ2n) is 3.03. The van der Waals surface area contributed by atoms with Crippen molar-refractivity contribution in [2.75, 3.05) is 0 Å². The number of guanidine groups is 1. The van der Waals surface area contributed by atoms with E-state index in [0.717, 1.165) is 19.3 Å². The second kappa shape index (κ2) is 3.57. The molecule has 0 spiro atoms. The minimum absolute atomic E-state index is 0.129. The van der Waals surface area contributed by atoms with Crippen LogP contribution in [-0.4, -0.2) is 23.2 Å². The van der Waals surface area contributed by atoms with Gasteiger partial charge in [-0.05, 0) is 25.7 Å². The molecule has 0 saturated heterocycles. The molecule has 0 amide bonds. The molecule has 0 heterocycles. The average molecular weight is 157 g/mol. The van der Waals surface area contributed by atoms with Crippen molar-refractivity contribution in [3.63, 3.8) is 0 Å². The van der Waals surface area contributed by atoms with Gasteiger partial charge < -0.3 is 16.6 Å². The van der Waals surface area contributed by atoms with Crippen molar-refractivity contribution in [2.24, 2.45) is 16.5 Å². The fourth-order valence-electron chi connectivity index (χ4n) is 1.47. The van der Waals surface area contributed by atoms with Gasteiger partial charge in [0.1, 0.15) is 0 Å². The molecule has 4 heteroatoms. The van der Waals surface area contributed by atoms with Crippen molar-refractivity contribution < 1.29 is 5.11 Å². The van der Waals surface area contributed by atoms with Crippen molar-refractivity contribution >= 4 is 5.96 Å². The molecule has 1 fully saturated rings. The Morgan fingerprint density at radius 1 is 1.36 bits per heavy atom. The lowest BCUT2D eigenvalue weighted by atomic mass is 9.93. The highest BCUT2D eigenvalue weighted by Crippen LogP contribution is 2.20. The van der Waals surface area contributed by atoms with E-state index in [1.54, 1.807) is 0 Å². The Hall–Kier alpha value is -0.770. The van der Waals surface area contributed by atoms with Gasteiger partial charge in [0.25, 0.3) is 0 Å². The van der Waals surface area contributed by atoms with Gasteiger partial charge in [0.05, 0.1) is 12.1 Å². The van der Waals surface area contributed by atoms with Gasteiger partial charge in [-0.2, -0.15) is 0 Å².